The molecule has 0 aromatic carbocycles. The molecule has 2 aliphatic rings. The Bertz CT molecular complexity index is 471. The quantitative estimate of drug-likeness (QED) is 0.880. The lowest BCUT2D eigenvalue weighted by molar-refractivity contribution is -0.128. The van der Waals surface area contributed by atoms with E-state index in [0.717, 1.165) is 49.5 Å². The van der Waals surface area contributed by atoms with Crippen LogP contribution in [0.1, 0.15) is 42.8 Å². The molecule has 0 spiro atoms. The SMILES string of the molecule is Cc1csc(C2(NC(=O)C3CCCNC3)CCC2)n1.Cl.Cl. The third-order valence-corrected chi connectivity index (χ3v) is 5.43. The summed E-state index contributed by atoms with van der Waals surface area (Å²) in [6.07, 6.45) is 5.35. The van der Waals surface area contributed by atoms with Crippen molar-refractivity contribution in [2.24, 2.45) is 5.92 Å². The van der Waals surface area contributed by atoms with E-state index in [2.05, 4.69) is 21.0 Å². The summed E-state index contributed by atoms with van der Waals surface area (Å²) in [5.74, 6) is 0.340. The van der Waals surface area contributed by atoms with E-state index >= 15 is 0 Å². The first-order valence-electron chi connectivity index (χ1n) is 7.15. The van der Waals surface area contributed by atoms with Gasteiger partial charge in [-0.1, -0.05) is 0 Å². The van der Waals surface area contributed by atoms with Crippen molar-refractivity contribution in [3.8, 4) is 0 Å². The molecule has 1 amide bonds. The lowest BCUT2D eigenvalue weighted by Gasteiger charge is -2.42. The van der Waals surface area contributed by atoms with Gasteiger partial charge in [-0.3, -0.25) is 4.79 Å². The number of aryl methyl sites for hydroxylation is 1. The number of hydrogen-bond acceptors (Lipinski definition) is 4. The molecule has 120 valence electrons. The predicted octanol–water partition coefficient (Wildman–Crippen LogP) is 2.79. The summed E-state index contributed by atoms with van der Waals surface area (Å²) in [7, 11) is 0. The number of carbonyl (C=O) groups is 1. The molecule has 1 aromatic heterocycles. The van der Waals surface area contributed by atoms with E-state index < -0.39 is 0 Å². The molecule has 2 N–H and O–H groups in total. The summed E-state index contributed by atoms with van der Waals surface area (Å²) in [6, 6.07) is 0. The molecule has 1 aliphatic heterocycles. The number of thiazole rings is 1. The number of halogens is 2. The number of nitrogens with zero attached hydrogens (tertiary/aromatic N) is 1. The minimum atomic E-state index is -0.159. The average Bonchev–Trinajstić information content (AvgIpc) is 2.81. The molecule has 1 saturated heterocycles. The van der Waals surface area contributed by atoms with Crippen molar-refractivity contribution in [3.63, 3.8) is 0 Å². The summed E-state index contributed by atoms with van der Waals surface area (Å²) < 4.78 is 0. The van der Waals surface area contributed by atoms with Crippen LogP contribution >= 0.6 is 36.2 Å². The second kappa shape index (κ2) is 7.77. The molecule has 21 heavy (non-hydrogen) atoms. The highest BCUT2D eigenvalue weighted by molar-refractivity contribution is 7.09. The molecule has 1 saturated carbocycles. The second-order valence-electron chi connectivity index (χ2n) is 5.76. The highest BCUT2D eigenvalue weighted by Gasteiger charge is 2.43. The minimum Gasteiger partial charge on any atom is -0.344 e. The van der Waals surface area contributed by atoms with Crippen molar-refractivity contribution in [3.05, 3.63) is 16.1 Å². The maximum Gasteiger partial charge on any atom is 0.225 e. The molecule has 0 bridgehead atoms. The zero-order valence-corrected chi connectivity index (χ0v) is 14.6. The number of nitrogens with one attached hydrogen (secondary N) is 2. The second-order valence-corrected chi connectivity index (χ2v) is 6.62. The highest BCUT2D eigenvalue weighted by Crippen LogP contribution is 2.42. The Morgan fingerprint density at radius 1 is 1.43 bits per heavy atom. The van der Waals surface area contributed by atoms with Crippen molar-refractivity contribution < 1.29 is 4.79 Å². The van der Waals surface area contributed by atoms with Crippen LogP contribution in [0.4, 0.5) is 0 Å². The van der Waals surface area contributed by atoms with Crippen LogP contribution in [0.15, 0.2) is 5.38 Å². The molecule has 2 heterocycles. The normalized spacial score (nSPS) is 23.2. The Morgan fingerprint density at radius 2 is 2.19 bits per heavy atom. The first-order valence-corrected chi connectivity index (χ1v) is 8.03. The van der Waals surface area contributed by atoms with Crippen LogP contribution < -0.4 is 10.6 Å². The van der Waals surface area contributed by atoms with Crippen LogP contribution in [0.5, 0.6) is 0 Å². The summed E-state index contributed by atoms with van der Waals surface area (Å²) >= 11 is 1.68. The van der Waals surface area contributed by atoms with Gasteiger partial charge in [0.1, 0.15) is 5.01 Å². The predicted molar refractivity (Wildman–Crippen MR) is 90.6 cm³/mol. The Kier molecular flexibility index (Phi) is 6.91. The van der Waals surface area contributed by atoms with Gasteiger partial charge in [-0.05, 0) is 45.6 Å². The number of amides is 1. The number of carbonyl (C=O) groups excluding carboxylic acids is 1. The molecule has 7 heteroatoms. The largest absolute Gasteiger partial charge is 0.344 e. The Morgan fingerprint density at radius 3 is 2.67 bits per heavy atom. The fourth-order valence-electron chi connectivity index (χ4n) is 2.91. The van der Waals surface area contributed by atoms with Crippen LogP contribution in [0.3, 0.4) is 0 Å². The van der Waals surface area contributed by atoms with E-state index in [-0.39, 0.29) is 42.2 Å². The van der Waals surface area contributed by atoms with E-state index in [1.807, 2.05) is 6.92 Å². The smallest absolute Gasteiger partial charge is 0.225 e. The van der Waals surface area contributed by atoms with Crippen LogP contribution in [-0.4, -0.2) is 24.0 Å². The maximum atomic E-state index is 12.4. The minimum absolute atomic E-state index is 0. The van der Waals surface area contributed by atoms with Gasteiger partial charge in [0.2, 0.25) is 5.91 Å². The third-order valence-electron chi connectivity index (χ3n) is 4.27. The topological polar surface area (TPSA) is 54.0 Å². The van der Waals surface area contributed by atoms with Gasteiger partial charge < -0.3 is 10.6 Å². The molecule has 0 radical (unpaired) electrons. The maximum absolute atomic E-state index is 12.4. The molecular weight excluding hydrogens is 329 g/mol. The summed E-state index contributed by atoms with van der Waals surface area (Å²) in [6.45, 7) is 3.87. The summed E-state index contributed by atoms with van der Waals surface area (Å²) in [4.78, 5) is 17.0. The lowest BCUT2D eigenvalue weighted by atomic mass is 9.76. The van der Waals surface area contributed by atoms with Crippen LogP contribution in [0, 0.1) is 12.8 Å². The van der Waals surface area contributed by atoms with Gasteiger partial charge in [0.25, 0.3) is 0 Å². The Labute approximate surface area is 142 Å². The Balaban J connectivity index is 0.00000110. The third kappa shape index (κ3) is 3.89. The van der Waals surface area contributed by atoms with Crippen LogP contribution in [0.2, 0.25) is 0 Å². The van der Waals surface area contributed by atoms with E-state index in [9.17, 15) is 4.79 Å². The number of hydrogen-bond donors (Lipinski definition) is 2. The van der Waals surface area contributed by atoms with E-state index in [4.69, 9.17) is 0 Å². The van der Waals surface area contributed by atoms with E-state index in [1.54, 1.807) is 11.3 Å². The molecular formula is C14H23Cl2N3OS. The molecule has 1 atom stereocenters. The molecule has 1 aromatic rings. The Hall–Kier alpha value is -0.360. The monoisotopic (exact) mass is 351 g/mol. The van der Waals surface area contributed by atoms with Crippen LogP contribution in [0.25, 0.3) is 0 Å². The molecule has 2 fully saturated rings. The van der Waals surface area contributed by atoms with Gasteiger partial charge in [0.05, 0.1) is 11.5 Å². The van der Waals surface area contributed by atoms with Crippen LogP contribution in [-0.2, 0) is 10.3 Å². The molecule has 1 unspecified atom stereocenters. The fourth-order valence-corrected chi connectivity index (χ4v) is 3.92. The van der Waals surface area contributed by atoms with Gasteiger partial charge in [-0.15, -0.1) is 36.2 Å². The molecule has 4 nitrogen and oxygen atoms in total. The number of piperidine rings is 1. The van der Waals surface area contributed by atoms with Gasteiger partial charge in [-0.25, -0.2) is 4.98 Å². The highest BCUT2D eigenvalue weighted by atomic mass is 35.5. The zero-order valence-electron chi connectivity index (χ0n) is 12.2. The molecule has 1 aliphatic carbocycles. The van der Waals surface area contributed by atoms with Crippen molar-refractivity contribution in [1.29, 1.82) is 0 Å². The number of rotatable bonds is 3. The van der Waals surface area contributed by atoms with Gasteiger partial charge in [0.15, 0.2) is 0 Å². The van der Waals surface area contributed by atoms with Crippen molar-refractivity contribution >= 4 is 42.1 Å². The first-order chi connectivity index (χ1) is 9.20. The average molecular weight is 352 g/mol. The number of aromatic nitrogens is 1. The zero-order chi connectivity index (χ0) is 13.3. The fraction of sp³-hybridized carbons (Fsp3) is 0.714. The molecule has 3 rings (SSSR count). The van der Waals surface area contributed by atoms with Crippen molar-refractivity contribution in [2.75, 3.05) is 13.1 Å². The van der Waals surface area contributed by atoms with Crippen molar-refractivity contribution in [2.45, 2.75) is 44.6 Å². The summed E-state index contributed by atoms with van der Waals surface area (Å²) in [5.41, 5.74) is 0.896. The summed E-state index contributed by atoms with van der Waals surface area (Å²) in [5, 5.41) is 9.77. The lowest BCUT2D eigenvalue weighted by Crippen LogP contribution is -2.54. The van der Waals surface area contributed by atoms with Gasteiger partial charge >= 0.3 is 0 Å². The van der Waals surface area contributed by atoms with Gasteiger partial charge in [-0.2, -0.15) is 0 Å². The van der Waals surface area contributed by atoms with Crippen molar-refractivity contribution in [1.82, 2.24) is 15.6 Å². The van der Waals surface area contributed by atoms with E-state index in [1.165, 1.54) is 6.42 Å². The van der Waals surface area contributed by atoms with E-state index in [0.29, 0.717) is 0 Å². The van der Waals surface area contributed by atoms with Gasteiger partial charge in [0, 0.05) is 17.6 Å². The first kappa shape index (κ1) is 18.7. The standard InChI is InChI=1S/C14H21N3OS.2ClH/c1-10-9-19-13(16-10)14(5-3-6-14)17-12(18)11-4-2-7-15-8-11;;/h9,11,15H,2-8H2,1H3,(H,17,18);2*1H.